The number of hydrogen-bond donors (Lipinski definition) is 0. The minimum Gasteiger partial charge on any atom is -0.376 e. The van der Waals surface area contributed by atoms with Gasteiger partial charge >= 0.3 is 0 Å². The van der Waals surface area contributed by atoms with E-state index in [1.54, 1.807) is 7.11 Å². The molecule has 0 aromatic heterocycles. The Bertz CT molecular complexity index is 276. The molecule has 0 bridgehead atoms. The molecule has 92 valence electrons. The molecule has 5 unspecified atom stereocenters. The molecule has 16 heavy (non-hydrogen) atoms. The minimum atomic E-state index is -0.586. The summed E-state index contributed by atoms with van der Waals surface area (Å²) in [5.41, 5.74) is 0. The van der Waals surface area contributed by atoms with Crippen molar-refractivity contribution < 1.29 is 23.7 Å². The molecular formula is C11H18O5. The Kier molecular flexibility index (Phi) is 2.49. The van der Waals surface area contributed by atoms with Gasteiger partial charge in [0.2, 0.25) is 0 Å². The van der Waals surface area contributed by atoms with E-state index in [4.69, 9.17) is 23.7 Å². The lowest BCUT2D eigenvalue weighted by atomic mass is 10.0. The summed E-state index contributed by atoms with van der Waals surface area (Å²) in [7, 11) is 1.68. The molecule has 0 saturated carbocycles. The Morgan fingerprint density at radius 1 is 1.19 bits per heavy atom. The van der Waals surface area contributed by atoms with Crippen molar-refractivity contribution in [1.82, 2.24) is 0 Å². The third-order valence-corrected chi connectivity index (χ3v) is 3.40. The second-order valence-corrected chi connectivity index (χ2v) is 4.97. The van der Waals surface area contributed by atoms with E-state index in [2.05, 4.69) is 0 Å². The van der Waals surface area contributed by atoms with Crippen molar-refractivity contribution in [1.29, 1.82) is 0 Å². The van der Waals surface area contributed by atoms with Gasteiger partial charge in [-0.2, -0.15) is 0 Å². The van der Waals surface area contributed by atoms with Gasteiger partial charge in [-0.05, 0) is 20.3 Å². The largest absolute Gasteiger partial charge is 0.376 e. The summed E-state index contributed by atoms with van der Waals surface area (Å²) < 4.78 is 28.2. The Balaban J connectivity index is 1.73. The monoisotopic (exact) mass is 230 g/mol. The van der Waals surface area contributed by atoms with Crippen LogP contribution in [0.4, 0.5) is 0 Å². The van der Waals surface area contributed by atoms with Crippen LogP contribution in [-0.2, 0) is 23.7 Å². The molecule has 3 saturated heterocycles. The Morgan fingerprint density at radius 3 is 2.50 bits per heavy atom. The fourth-order valence-corrected chi connectivity index (χ4v) is 2.58. The van der Waals surface area contributed by atoms with Crippen molar-refractivity contribution in [2.75, 3.05) is 13.7 Å². The molecule has 5 nitrogen and oxygen atoms in total. The van der Waals surface area contributed by atoms with E-state index in [0.29, 0.717) is 0 Å². The van der Waals surface area contributed by atoms with Crippen LogP contribution in [0.1, 0.15) is 20.3 Å². The van der Waals surface area contributed by atoms with Gasteiger partial charge in [0.05, 0.1) is 6.10 Å². The zero-order valence-electron chi connectivity index (χ0n) is 9.84. The second-order valence-electron chi connectivity index (χ2n) is 4.97. The van der Waals surface area contributed by atoms with E-state index in [9.17, 15) is 0 Å². The predicted molar refractivity (Wildman–Crippen MR) is 53.9 cm³/mol. The standard InChI is InChI=1S/C11H18O5/c1-11(2)15-9-8(12-3)7(6-4-5-13-6)14-10(9)16-11/h6-10H,4-5H2,1-3H3. The summed E-state index contributed by atoms with van der Waals surface area (Å²) in [6, 6.07) is 0. The van der Waals surface area contributed by atoms with Gasteiger partial charge < -0.3 is 23.7 Å². The first kappa shape index (κ1) is 10.9. The van der Waals surface area contributed by atoms with Crippen LogP contribution in [0, 0.1) is 0 Å². The Hall–Kier alpha value is -0.200. The molecule has 3 heterocycles. The predicted octanol–water partition coefficient (Wildman–Crippen LogP) is 0.667. The molecule has 3 fully saturated rings. The molecule has 3 aliphatic heterocycles. The van der Waals surface area contributed by atoms with E-state index < -0.39 is 5.79 Å². The van der Waals surface area contributed by atoms with Crippen molar-refractivity contribution >= 4 is 0 Å². The van der Waals surface area contributed by atoms with Crippen LogP contribution in [0.2, 0.25) is 0 Å². The van der Waals surface area contributed by atoms with Crippen molar-refractivity contribution in [2.45, 2.75) is 56.8 Å². The van der Waals surface area contributed by atoms with E-state index in [0.717, 1.165) is 13.0 Å². The molecule has 0 spiro atoms. The molecule has 3 rings (SSSR count). The summed E-state index contributed by atoms with van der Waals surface area (Å²) in [6.07, 6.45) is 0.518. The van der Waals surface area contributed by atoms with Crippen LogP contribution in [0.15, 0.2) is 0 Å². The third kappa shape index (κ3) is 1.58. The Morgan fingerprint density at radius 2 is 1.94 bits per heavy atom. The molecule has 0 amide bonds. The highest BCUT2D eigenvalue weighted by molar-refractivity contribution is 4.98. The van der Waals surface area contributed by atoms with Crippen LogP contribution >= 0.6 is 0 Å². The van der Waals surface area contributed by atoms with Gasteiger partial charge in [0.1, 0.15) is 18.3 Å². The smallest absolute Gasteiger partial charge is 0.190 e. The normalized spacial score (nSPS) is 50.1. The Labute approximate surface area is 94.9 Å². The van der Waals surface area contributed by atoms with Gasteiger partial charge in [-0.3, -0.25) is 0 Å². The summed E-state index contributed by atoms with van der Waals surface area (Å²) >= 11 is 0. The maximum absolute atomic E-state index is 5.83. The molecule has 5 heteroatoms. The van der Waals surface area contributed by atoms with Crippen LogP contribution in [0.3, 0.4) is 0 Å². The van der Waals surface area contributed by atoms with Gasteiger partial charge in [-0.1, -0.05) is 0 Å². The quantitative estimate of drug-likeness (QED) is 0.697. The molecule has 0 aromatic carbocycles. The summed E-state index contributed by atoms with van der Waals surface area (Å²) in [5, 5.41) is 0. The van der Waals surface area contributed by atoms with Crippen LogP contribution < -0.4 is 0 Å². The maximum atomic E-state index is 5.83. The van der Waals surface area contributed by atoms with E-state index in [-0.39, 0.29) is 30.7 Å². The third-order valence-electron chi connectivity index (χ3n) is 3.40. The molecular weight excluding hydrogens is 212 g/mol. The summed E-state index contributed by atoms with van der Waals surface area (Å²) in [6.45, 7) is 4.58. The fraction of sp³-hybridized carbons (Fsp3) is 1.00. The lowest BCUT2D eigenvalue weighted by Gasteiger charge is -2.35. The number of ether oxygens (including phenoxy) is 5. The zero-order valence-corrected chi connectivity index (χ0v) is 9.84. The van der Waals surface area contributed by atoms with Gasteiger partial charge in [-0.25, -0.2) is 0 Å². The lowest BCUT2D eigenvalue weighted by molar-refractivity contribution is -0.243. The highest BCUT2D eigenvalue weighted by atomic mass is 16.8. The molecule has 3 aliphatic rings. The van der Waals surface area contributed by atoms with E-state index in [1.165, 1.54) is 0 Å². The topological polar surface area (TPSA) is 46.2 Å². The average Bonchev–Trinajstić information content (AvgIpc) is 2.53. The highest BCUT2D eigenvalue weighted by Gasteiger charge is 2.57. The fourth-order valence-electron chi connectivity index (χ4n) is 2.58. The molecule has 0 N–H and O–H groups in total. The van der Waals surface area contributed by atoms with Crippen LogP contribution in [-0.4, -0.2) is 50.2 Å². The first-order chi connectivity index (χ1) is 7.61. The molecule has 0 aromatic rings. The van der Waals surface area contributed by atoms with Crippen molar-refractivity contribution in [2.24, 2.45) is 0 Å². The summed E-state index contributed by atoms with van der Waals surface area (Å²) in [4.78, 5) is 0. The van der Waals surface area contributed by atoms with E-state index in [1.807, 2.05) is 13.8 Å². The highest BCUT2D eigenvalue weighted by Crippen LogP contribution is 2.41. The summed E-state index contributed by atoms with van der Waals surface area (Å²) in [5.74, 6) is -0.586. The van der Waals surface area contributed by atoms with Crippen molar-refractivity contribution in [3.05, 3.63) is 0 Å². The second kappa shape index (κ2) is 3.65. The van der Waals surface area contributed by atoms with Gasteiger partial charge in [-0.15, -0.1) is 0 Å². The first-order valence-corrected chi connectivity index (χ1v) is 5.76. The number of fused-ring (bicyclic) bond motifs is 1. The molecule has 5 atom stereocenters. The van der Waals surface area contributed by atoms with E-state index >= 15 is 0 Å². The molecule has 0 radical (unpaired) electrons. The van der Waals surface area contributed by atoms with Crippen molar-refractivity contribution in [3.8, 4) is 0 Å². The number of hydrogen-bond acceptors (Lipinski definition) is 5. The van der Waals surface area contributed by atoms with Gasteiger partial charge in [0, 0.05) is 13.7 Å². The minimum absolute atomic E-state index is 0.0650. The SMILES string of the molecule is COC1C(C2CCO2)OC2OC(C)(C)OC21. The van der Waals surface area contributed by atoms with Crippen molar-refractivity contribution in [3.63, 3.8) is 0 Å². The average molecular weight is 230 g/mol. The van der Waals surface area contributed by atoms with Crippen LogP contribution in [0.5, 0.6) is 0 Å². The number of methoxy groups -OCH3 is 1. The molecule has 0 aliphatic carbocycles. The van der Waals surface area contributed by atoms with Gasteiger partial charge in [0.25, 0.3) is 0 Å². The maximum Gasteiger partial charge on any atom is 0.190 e. The number of rotatable bonds is 2. The van der Waals surface area contributed by atoms with Crippen LogP contribution in [0.25, 0.3) is 0 Å². The zero-order chi connectivity index (χ0) is 11.3. The van der Waals surface area contributed by atoms with Gasteiger partial charge in [0.15, 0.2) is 12.1 Å². The lowest BCUT2D eigenvalue weighted by Crippen LogP contribution is -2.47. The first-order valence-electron chi connectivity index (χ1n) is 5.76.